The minimum absolute atomic E-state index is 0.226. The minimum Gasteiger partial charge on any atom is -0.480 e. The number of halogens is 1. The topological polar surface area (TPSA) is 87.8 Å². The molecule has 0 fully saturated rings. The Balaban J connectivity index is 1.77. The number of carboxylic acids is 1. The Labute approximate surface area is 169 Å². The van der Waals surface area contributed by atoms with E-state index in [1.165, 1.54) is 12.1 Å². The molecular formula is C20H17FN4O3S. The van der Waals surface area contributed by atoms with Crippen LogP contribution in [0.15, 0.2) is 47.6 Å². The van der Waals surface area contributed by atoms with Crippen LogP contribution in [0.1, 0.15) is 12.5 Å². The molecule has 2 heterocycles. The van der Waals surface area contributed by atoms with E-state index >= 15 is 0 Å². The number of hydrogen-bond donors (Lipinski definition) is 1. The number of hydrazone groups is 1. The van der Waals surface area contributed by atoms with E-state index in [0.29, 0.717) is 22.6 Å². The Kier molecular flexibility index (Phi) is 4.83. The highest BCUT2D eigenvalue weighted by Crippen LogP contribution is 2.29. The van der Waals surface area contributed by atoms with Gasteiger partial charge in [-0.15, -0.1) is 0 Å². The van der Waals surface area contributed by atoms with E-state index in [1.807, 2.05) is 36.7 Å². The predicted octanol–water partition coefficient (Wildman–Crippen LogP) is 3.73. The number of aryl methyl sites for hydroxylation is 1. The van der Waals surface area contributed by atoms with Gasteiger partial charge in [0.15, 0.2) is 0 Å². The number of amides is 1. The molecular weight excluding hydrogens is 395 g/mol. The molecule has 1 aliphatic rings. The van der Waals surface area contributed by atoms with Crippen LogP contribution in [0.25, 0.3) is 22.4 Å². The van der Waals surface area contributed by atoms with Crippen LogP contribution in [0.5, 0.6) is 0 Å². The monoisotopic (exact) mass is 412 g/mol. The Morgan fingerprint density at radius 1 is 1.24 bits per heavy atom. The van der Waals surface area contributed by atoms with Crippen molar-refractivity contribution in [3.63, 3.8) is 0 Å². The van der Waals surface area contributed by atoms with Crippen molar-refractivity contribution in [2.45, 2.75) is 12.2 Å². The van der Waals surface area contributed by atoms with Crippen molar-refractivity contribution in [2.75, 3.05) is 6.54 Å². The van der Waals surface area contributed by atoms with Gasteiger partial charge in [0, 0.05) is 18.2 Å². The molecule has 3 aromatic rings. The van der Waals surface area contributed by atoms with E-state index in [-0.39, 0.29) is 11.1 Å². The normalized spacial score (nSPS) is 16.9. The molecule has 0 aliphatic carbocycles. The molecule has 4 rings (SSSR count). The molecule has 1 aliphatic heterocycles. The van der Waals surface area contributed by atoms with Gasteiger partial charge in [0.2, 0.25) is 0 Å². The van der Waals surface area contributed by atoms with Gasteiger partial charge in [-0.1, -0.05) is 30.0 Å². The Bertz CT molecular complexity index is 1170. The molecule has 1 N–H and O–H groups in total. The summed E-state index contributed by atoms with van der Waals surface area (Å²) in [4.78, 5) is 27.7. The molecule has 29 heavy (non-hydrogen) atoms. The van der Waals surface area contributed by atoms with Gasteiger partial charge in [0.25, 0.3) is 0 Å². The number of aromatic nitrogens is 2. The maximum Gasteiger partial charge on any atom is 0.325 e. The second kappa shape index (κ2) is 7.32. The van der Waals surface area contributed by atoms with Crippen molar-refractivity contribution in [1.82, 2.24) is 14.6 Å². The first-order chi connectivity index (χ1) is 13.8. The van der Waals surface area contributed by atoms with E-state index in [9.17, 15) is 14.0 Å². The molecule has 0 saturated heterocycles. The van der Waals surface area contributed by atoms with Crippen LogP contribution in [0, 0.1) is 5.82 Å². The highest BCUT2D eigenvalue weighted by atomic mass is 32.2. The van der Waals surface area contributed by atoms with E-state index < -0.39 is 17.8 Å². The molecule has 2 aromatic carbocycles. The first kappa shape index (κ1) is 19.1. The van der Waals surface area contributed by atoms with E-state index in [1.54, 1.807) is 12.1 Å². The summed E-state index contributed by atoms with van der Waals surface area (Å²) in [5.41, 5.74) is 3.59. The maximum atomic E-state index is 13.6. The van der Waals surface area contributed by atoms with E-state index in [0.717, 1.165) is 27.9 Å². The molecule has 7 nitrogen and oxygen atoms in total. The number of rotatable bonds is 4. The summed E-state index contributed by atoms with van der Waals surface area (Å²) in [7, 11) is 1.86. The average molecular weight is 412 g/mol. The summed E-state index contributed by atoms with van der Waals surface area (Å²) in [6.07, 6.45) is 0. The van der Waals surface area contributed by atoms with Crippen LogP contribution >= 0.6 is 11.8 Å². The fraction of sp³-hybridized carbons (Fsp3) is 0.200. The van der Waals surface area contributed by atoms with Crippen molar-refractivity contribution in [3.05, 3.63) is 53.8 Å². The number of carbonyl (C=O) groups excluding carboxylic acids is 1. The summed E-state index contributed by atoms with van der Waals surface area (Å²) < 4.78 is 15.5. The van der Waals surface area contributed by atoms with Gasteiger partial charge in [-0.05, 0) is 31.2 Å². The zero-order valence-corrected chi connectivity index (χ0v) is 16.5. The number of carboxylic acid groups (broad SMARTS) is 1. The highest BCUT2D eigenvalue weighted by Gasteiger charge is 2.29. The van der Waals surface area contributed by atoms with Gasteiger partial charge < -0.3 is 9.67 Å². The fourth-order valence-electron chi connectivity index (χ4n) is 3.29. The summed E-state index contributed by atoms with van der Waals surface area (Å²) in [6, 6.07) is 11.9. The van der Waals surface area contributed by atoms with Gasteiger partial charge in [0.05, 0.1) is 22.0 Å². The molecule has 0 spiro atoms. The molecule has 148 valence electrons. The van der Waals surface area contributed by atoms with E-state index in [2.05, 4.69) is 10.1 Å². The summed E-state index contributed by atoms with van der Waals surface area (Å²) in [5, 5.41) is 13.6. The van der Waals surface area contributed by atoms with Gasteiger partial charge in [-0.3, -0.25) is 9.59 Å². The number of imidazole rings is 1. The van der Waals surface area contributed by atoms with Crippen LogP contribution in [-0.2, 0) is 11.8 Å². The molecule has 0 radical (unpaired) electrons. The number of carbonyl (C=O) groups is 2. The van der Waals surface area contributed by atoms with Gasteiger partial charge in [-0.2, -0.15) is 5.10 Å². The van der Waals surface area contributed by atoms with Crippen LogP contribution in [0.3, 0.4) is 0 Å². The third-order valence-corrected chi connectivity index (χ3v) is 5.64. The lowest BCUT2D eigenvalue weighted by molar-refractivity contribution is -0.137. The Morgan fingerprint density at radius 3 is 2.76 bits per heavy atom. The van der Waals surface area contributed by atoms with Crippen LogP contribution in [0.2, 0.25) is 0 Å². The maximum absolute atomic E-state index is 13.6. The quantitative estimate of drug-likeness (QED) is 0.706. The standard InChI is InChI=1S/C20H17FN4O3S/c1-11-18(23-25(10-17(26)27)20(28)29-11)12-6-7-16-15(9-12)22-19(24(16)2)13-4-3-5-14(21)8-13/h3-9,11H,10H2,1-2H3,(H,26,27). The van der Waals surface area contributed by atoms with Crippen molar-refractivity contribution in [2.24, 2.45) is 12.1 Å². The number of hydrogen-bond acceptors (Lipinski definition) is 5. The zero-order chi connectivity index (χ0) is 20.7. The molecule has 0 bridgehead atoms. The van der Waals surface area contributed by atoms with Crippen molar-refractivity contribution in [1.29, 1.82) is 0 Å². The average Bonchev–Trinajstić information content (AvgIpc) is 3.00. The summed E-state index contributed by atoms with van der Waals surface area (Å²) in [5.74, 6) is -0.829. The number of thioether (sulfide) groups is 1. The highest BCUT2D eigenvalue weighted by molar-refractivity contribution is 8.14. The second-order valence-corrected chi connectivity index (χ2v) is 7.96. The van der Waals surface area contributed by atoms with Gasteiger partial charge in [0.1, 0.15) is 18.2 Å². The lowest BCUT2D eigenvalue weighted by Crippen LogP contribution is -2.37. The number of benzene rings is 2. The van der Waals surface area contributed by atoms with Crippen molar-refractivity contribution < 1.29 is 19.1 Å². The SMILES string of the molecule is CC1SC(=O)N(CC(=O)O)N=C1c1ccc2c(c1)nc(-c1cccc(F)c1)n2C. The number of nitrogens with zero attached hydrogens (tertiary/aromatic N) is 4. The minimum atomic E-state index is -1.13. The molecule has 1 atom stereocenters. The first-order valence-electron chi connectivity index (χ1n) is 8.84. The first-order valence-corrected chi connectivity index (χ1v) is 9.72. The van der Waals surface area contributed by atoms with E-state index in [4.69, 9.17) is 5.11 Å². The molecule has 1 amide bonds. The molecule has 1 aromatic heterocycles. The van der Waals surface area contributed by atoms with Crippen molar-refractivity contribution in [3.8, 4) is 11.4 Å². The summed E-state index contributed by atoms with van der Waals surface area (Å²) in [6.45, 7) is 1.36. The predicted molar refractivity (Wildman–Crippen MR) is 109 cm³/mol. The molecule has 0 saturated carbocycles. The van der Waals surface area contributed by atoms with Crippen molar-refractivity contribution >= 4 is 39.7 Å². The Morgan fingerprint density at radius 2 is 2.03 bits per heavy atom. The lowest BCUT2D eigenvalue weighted by Gasteiger charge is -2.25. The van der Waals surface area contributed by atoms with Crippen LogP contribution in [-0.4, -0.2) is 48.4 Å². The Hall–Kier alpha value is -3.20. The smallest absolute Gasteiger partial charge is 0.325 e. The number of aliphatic carboxylic acids is 1. The number of fused-ring (bicyclic) bond motifs is 1. The fourth-order valence-corrected chi connectivity index (χ4v) is 4.11. The van der Waals surface area contributed by atoms with Gasteiger partial charge in [-0.25, -0.2) is 14.4 Å². The molecule has 9 heteroatoms. The molecule has 1 unspecified atom stereocenters. The third-order valence-electron chi connectivity index (χ3n) is 4.65. The van der Waals surface area contributed by atoms with Crippen LogP contribution in [0.4, 0.5) is 9.18 Å². The second-order valence-electron chi connectivity index (χ2n) is 6.67. The lowest BCUT2D eigenvalue weighted by atomic mass is 10.1. The van der Waals surface area contributed by atoms with Gasteiger partial charge >= 0.3 is 11.2 Å². The third kappa shape index (κ3) is 3.61. The van der Waals surface area contributed by atoms with Crippen LogP contribution < -0.4 is 0 Å². The zero-order valence-electron chi connectivity index (χ0n) is 15.7. The largest absolute Gasteiger partial charge is 0.480 e. The summed E-state index contributed by atoms with van der Waals surface area (Å²) >= 11 is 1.03.